The van der Waals surface area contributed by atoms with E-state index in [9.17, 15) is 0 Å². The Bertz CT molecular complexity index is 246. The second kappa shape index (κ2) is 8.34. The third-order valence-electron chi connectivity index (χ3n) is 2.77. The SMILES string of the molecule is CCCCCCCC(OCC)n1ccnc1. The first-order chi connectivity index (χ1) is 7.88. The lowest BCUT2D eigenvalue weighted by Crippen LogP contribution is -2.11. The topological polar surface area (TPSA) is 27.1 Å². The Morgan fingerprint density at radius 2 is 2.00 bits per heavy atom. The predicted octanol–water partition coefficient (Wildman–Crippen LogP) is 3.78. The van der Waals surface area contributed by atoms with Gasteiger partial charge in [0.15, 0.2) is 0 Å². The van der Waals surface area contributed by atoms with Crippen molar-refractivity contribution < 1.29 is 4.74 Å². The van der Waals surface area contributed by atoms with Crippen LogP contribution in [0, 0.1) is 0 Å². The summed E-state index contributed by atoms with van der Waals surface area (Å²) in [5.41, 5.74) is 0. The van der Waals surface area contributed by atoms with Crippen LogP contribution in [0.15, 0.2) is 18.7 Å². The molecule has 0 saturated heterocycles. The average molecular weight is 224 g/mol. The van der Waals surface area contributed by atoms with Crippen molar-refractivity contribution in [3.63, 3.8) is 0 Å². The molecule has 0 aromatic carbocycles. The number of ether oxygens (including phenoxy) is 1. The number of nitrogens with zero attached hydrogens (tertiary/aromatic N) is 2. The van der Waals surface area contributed by atoms with Crippen molar-refractivity contribution in [3.8, 4) is 0 Å². The van der Waals surface area contributed by atoms with Gasteiger partial charge in [0.05, 0.1) is 6.33 Å². The number of imidazole rings is 1. The molecule has 0 amide bonds. The molecule has 0 fully saturated rings. The van der Waals surface area contributed by atoms with E-state index in [4.69, 9.17) is 4.74 Å². The molecule has 0 spiro atoms. The van der Waals surface area contributed by atoms with Gasteiger partial charge >= 0.3 is 0 Å². The standard InChI is InChI=1S/C13H24N2O/c1-3-5-6-7-8-9-13(16-4-2)15-11-10-14-12-15/h10-13H,3-9H2,1-2H3. The van der Waals surface area contributed by atoms with E-state index in [1.54, 1.807) is 0 Å². The quantitative estimate of drug-likeness (QED) is 0.597. The molecule has 1 rings (SSSR count). The van der Waals surface area contributed by atoms with E-state index in [2.05, 4.69) is 16.5 Å². The summed E-state index contributed by atoms with van der Waals surface area (Å²) in [6.07, 6.45) is 13.4. The van der Waals surface area contributed by atoms with Crippen LogP contribution in [-0.2, 0) is 4.74 Å². The van der Waals surface area contributed by atoms with Crippen LogP contribution >= 0.6 is 0 Å². The van der Waals surface area contributed by atoms with Gasteiger partial charge in [-0.3, -0.25) is 0 Å². The molecular formula is C13H24N2O. The molecule has 16 heavy (non-hydrogen) atoms. The van der Waals surface area contributed by atoms with Crippen LogP contribution in [0.5, 0.6) is 0 Å². The summed E-state index contributed by atoms with van der Waals surface area (Å²) in [7, 11) is 0. The Hall–Kier alpha value is -0.830. The minimum atomic E-state index is 0.175. The van der Waals surface area contributed by atoms with Crippen molar-refractivity contribution in [3.05, 3.63) is 18.7 Å². The van der Waals surface area contributed by atoms with Crippen molar-refractivity contribution in [2.75, 3.05) is 6.61 Å². The van der Waals surface area contributed by atoms with Gasteiger partial charge in [-0.25, -0.2) is 4.98 Å². The largest absolute Gasteiger partial charge is 0.358 e. The van der Waals surface area contributed by atoms with Gasteiger partial charge in [-0.2, -0.15) is 0 Å². The predicted molar refractivity (Wildman–Crippen MR) is 66.3 cm³/mol. The summed E-state index contributed by atoms with van der Waals surface area (Å²) in [6.45, 7) is 5.05. The molecule has 0 bridgehead atoms. The minimum absolute atomic E-state index is 0.175. The van der Waals surface area contributed by atoms with Crippen LogP contribution in [0.3, 0.4) is 0 Å². The van der Waals surface area contributed by atoms with E-state index in [1.807, 2.05) is 25.6 Å². The van der Waals surface area contributed by atoms with Gasteiger partial charge < -0.3 is 9.30 Å². The molecule has 1 aromatic heterocycles. The highest BCUT2D eigenvalue weighted by Gasteiger charge is 2.08. The van der Waals surface area contributed by atoms with Crippen LogP contribution in [0.4, 0.5) is 0 Å². The average Bonchev–Trinajstić information content (AvgIpc) is 2.81. The molecule has 92 valence electrons. The summed E-state index contributed by atoms with van der Waals surface area (Å²) < 4.78 is 7.77. The van der Waals surface area contributed by atoms with Crippen LogP contribution in [0.2, 0.25) is 0 Å². The molecule has 3 heteroatoms. The van der Waals surface area contributed by atoms with Gasteiger partial charge in [0.2, 0.25) is 0 Å². The number of aromatic nitrogens is 2. The molecule has 0 aliphatic rings. The highest BCUT2D eigenvalue weighted by molar-refractivity contribution is 4.77. The summed E-state index contributed by atoms with van der Waals surface area (Å²) in [6, 6.07) is 0. The van der Waals surface area contributed by atoms with Crippen LogP contribution in [-0.4, -0.2) is 16.2 Å². The minimum Gasteiger partial charge on any atom is -0.358 e. The second-order valence-corrected chi connectivity index (χ2v) is 4.12. The number of rotatable bonds is 9. The molecule has 3 nitrogen and oxygen atoms in total. The Morgan fingerprint density at radius 3 is 2.62 bits per heavy atom. The molecule has 1 aromatic rings. The normalized spacial score (nSPS) is 12.9. The summed E-state index contributed by atoms with van der Waals surface area (Å²) in [5.74, 6) is 0. The zero-order valence-electron chi connectivity index (χ0n) is 10.6. The fourth-order valence-corrected chi connectivity index (χ4v) is 1.87. The van der Waals surface area contributed by atoms with Gasteiger partial charge in [-0.05, 0) is 19.8 Å². The number of unbranched alkanes of at least 4 members (excludes halogenated alkanes) is 4. The Morgan fingerprint density at radius 1 is 1.19 bits per heavy atom. The lowest BCUT2D eigenvalue weighted by atomic mass is 10.1. The monoisotopic (exact) mass is 224 g/mol. The third kappa shape index (κ3) is 4.79. The van der Waals surface area contributed by atoms with Crippen LogP contribution in [0.25, 0.3) is 0 Å². The van der Waals surface area contributed by atoms with Crippen molar-refractivity contribution >= 4 is 0 Å². The molecule has 0 N–H and O–H groups in total. The summed E-state index contributed by atoms with van der Waals surface area (Å²) in [5, 5.41) is 0. The molecule has 1 unspecified atom stereocenters. The summed E-state index contributed by atoms with van der Waals surface area (Å²) >= 11 is 0. The van der Waals surface area contributed by atoms with E-state index >= 15 is 0 Å². The first-order valence-electron chi connectivity index (χ1n) is 6.47. The zero-order chi connectivity index (χ0) is 11.6. The Balaban J connectivity index is 2.24. The van der Waals surface area contributed by atoms with Gasteiger partial charge in [-0.15, -0.1) is 0 Å². The lowest BCUT2D eigenvalue weighted by Gasteiger charge is -2.18. The molecule has 0 aliphatic carbocycles. The molecule has 0 aliphatic heterocycles. The molecule has 1 atom stereocenters. The molecule has 0 saturated carbocycles. The van der Waals surface area contributed by atoms with Crippen molar-refractivity contribution in [2.24, 2.45) is 0 Å². The van der Waals surface area contributed by atoms with Crippen molar-refractivity contribution in [1.82, 2.24) is 9.55 Å². The highest BCUT2D eigenvalue weighted by atomic mass is 16.5. The van der Waals surface area contributed by atoms with E-state index in [0.717, 1.165) is 13.0 Å². The number of hydrogen-bond acceptors (Lipinski definition) is 2. The van der Waals surface area contributed by atoms with Gasteiger partial charge in [0, 0.05) is 19.0 Å². The van der Waals surface area contributed by atoms with E-state index in [0.29, 0.717) is 0 Å². The maximum atomic E-state index is 5.72. The van der Waals surface area contributed by atoms with E-state index in [-0.39, 0.29) is 6.23 Å². The first-order valence-corrected chi connectivity index (χ1v) is 6.47. The van der Waals surface area contributed by atoms with Gasteiger partial charge in [0.25, 0.3) is 0 Å². The first kappa shape index (κ1) is 13.2. The van der Waals surface area contributed by atoms with Crippen molar-refractivity contribution in [2.45, 2.75) is 58.6 Å². The van der Waals surface area contributed by atoms with Gasteiger partial charge in [-0.1, -0.05) is 32.6 Å². The maximum absolute atomic E-state index is 5.72. The Kier molecular flexibility index (Phi) is 6.90. The maximum Gasteiger partial charge on any atom is 0.134 e. The second-order valence-electron chi connectivity index (χ2n) is 4.12. The smallest absolute Gasteiger partial charge is 0.134 e. The van der Waals surface area contributed by atoms with Crippen molar-refractivity contribution in [1.29, 1.82) is 0 Å². The molecule has 0 radical (unpaired) electrons. The Labute approximate surface area is 98.8 Å². The van der Waals surface area contributed by atoms with E-state index < -0.39 is 0 Å². The fraction of sp³-hybridized carbons (Fsp3) is 0.769. The molecule has 1 heterocycles. The van der Waals surface area contributed by atoms with Gasteiger partial charge in [0.1, 0.15) is 6.23 Å². The summed E-state index contributed by atoms with van der Waals surface area (Å²) in [4.78, 5) is 4.07. The number of hydrogen-bond donors (Lipinski definition) is 0. The van der Waals surface area contributed by atoms with Crippen LogP contribution < -0.4 is 0 Å². The lowest BCUT2D eigenvalue weighted by molar-refractivity contribution is 0.00231. The van der Waals surface area contributed by atoms with E-state index in [1.165, 1.54) is 32.1 Å². The fourth-order valence-electron chi connectivity index (χ4n) is 1.87. The highest BCUT2D eigenvalue weighted by Crippen LogP contribution is 2.17. The third-order valence-corrected chi connectivity index (χ3v) is 2.77. The zero-order valence-corrected chi connectivity index (χ0v) is 10.6. The van der Waals surface area contributed by atoms with Crippen LogP contribution in [0.1, 0.15) is 58.6 Å². The molecular weight excluding hydrogens is 200 g/mol.